The molecule has 1 rings (SSSR count). The summed E-state index contributed by atoms with van der Waals surface area (Å²) in [4.78, 5) is 0. The molecule has 0 aliphatic heterocycles. The Kier molecular flexibility index (Phi) is 15.6. The molecule has 0 saturated carbocycles. The fourth-order valence-electron chi connectivity index (χ4n) is 0.483. The van der Waals surface area contributed by atoms with Gasteiger partial charge in [0.05, 0.1) is 0 Å². The Labute approximate surface area is 89.9 Å². The molecule has 0 nitrogen and oxygen atoms in total. The molecule has 0 aliphatic rings. The van der Waals surface area contributed by atoms with E-state index in [9.17, 15) is 0 Å². The van der Waals surface area contributed by atoms with Crippen molar-refractivity contribution in [3.8, 4) is 0 Å². The van der Waals surface area contributed by atoms with E-state index >= 15 is 0 Å². The molecule has 0 spiro atoms. The normalized spacial score (nSPS) is 6.10. The van der Waals surface area contributed by atoms with Crippen molar-refractivity contribution in [2.75, 3.05) is 0 Å². The van der Waals surface area contributed by atoms with E-state index < -0.39 is 0 Å². The summed E-state index contributed by atoms with van der Waals surface area (Å²) in [6, 6.07) is 10.9. The molecule has 1 aromatic rings. The van der Waals surface area contributed by atoms with Crippen LogP contribution in [0.5, 0.6) is 0 Å². The van der Waals surface area contributed by atoms with Gasteiger partial charge in [-0.15, -0.1) is 0 Å². The standard InChI is InChI=1S/C7H7.2CH3.Y/c1-7-5-3-2-4-6-7;;;/h2-5H,1H3;2*1H3;/q3*-1;+3. The summed E-state index contributed by atoms with van der Waals surface area (Å²) in [5.41, 5.74) is 1.20. The molecule has 0 amide bonds. The second-order valence-electron chi connectivity index (χ2n) is 1.55. The zero-order valence-corrected chi connectivity index (χ0v) is 9.73. The Morgan fingerprint density at radius 3 is 2.00 bits per heavy atom. The summed E-state index contributed by atoms with van der Waals surface area (Å²) in [6.45, 7) is 2.03. The van der Waals surface area contributed by atoms with Crippen molar-refractivity contribution in [3.05, 3.63) is 50.7 Å². The predicted octanol–water partition coefficient (Wildman–Crippen LogP) is 2.69. The Bertz CT molecular complexity index is 135. The first-order valence-electron chi connectivity index (χ1n) is 2.33. The number of aryl methyl sites for hydroxylation is 1. The van der Waals surface area contributed by atoms with Crippen LogP contribution in [0.2, 0.25) is 0 Å². The third kappa shape index (κ3) is 6.44. The van der Waals surface area contributed by atoms with E-state index in [0.29, 0.717) is 0 Å². The van der Waals surface area contributed by atoms with Crippen molar-refractivity contribution >= 4 is 0 Å². The minimum Gasteiger partial charge on any atom is -0.358 e. The van der Waals surface area contributed by atoms with Crippen LogP contribution in [0, 0.1) is 27.8 Å². The summed E-state index contributed by atoms with van der Waals surface area (Å²) in [7, 11) is 0. The average Bonchev–Trinajstić information content (AvgIpc) is 1.69. The SMILES string of the molecule is Cc1[c-]cccc1.[CH3-].[CH3-].[Y+3]. The third-order valence-electron chi connectivity index (χ3n) is 0.865. The number of hydrogen-bond donors (Lipinski definition) is 0. The third-order valence-corrected chi connectivity index (χ3v) is 0.865. The van der Waals surface area contributed by atoms with E-state index in [1.165, 1.54) is 5.56 Å². The Morgan fingerprint density at radius 1 is 1.20 bits per heavy atom. The van der Waals surface area contributed by atoms with Crippen LogP contribution in [0.4, 0.5) is 0 Å². The van der Waals surface area contributed by atoms with Crippen molar-refractivity contribution in [1.82, 2.24) is 0 Å². The topological polar surface area (TPSA) is 0 Å². The molecule has 1 aromatic carbocycles. The fraction of sp³-hybridized carbons (Fsp3) is 0.111. The van der Waals surface area contributed by atoms with Gasteiger partial charge in [-0.3, -0.25) is 0 Å². The first-order valence-corrected chi connectivity index (χ1v) is 2.33. The van der Waals surface area contributed by atoms with Crippen molar-refractivity contribution in [2.24, 2.45) is 0 Å². The quantitative estimate of drug-likeness (QED) is 0.577. The van der Waals surface area contributed by atoms with Crippen LogP contribution in [0.3, 0.4) is 0 Å². The molecule has 0 aromatic heterocycles. The van der Waals surface area contributed by atoms with Crippen molar-refractivity contribution in [2.45, 2.75) is 6.92 Å². The molecule has 0 unspecified atom stereocenters. The van der Waals surface area contributed by atoms with Crippen LogP contribution in [-0.4, -0.2) is 0 Å². The molecular weight excluding hydrogens is 197 g/mol. The van der Waals surface area contributed by atoms with Gasteiger partial charge in [0.2, 0.25) is 0 Å². The van der Waals surface area contributed by atoms with Crippen LogP contribution in [0.1, 0.15) is 5.56 Å². The largest absolute Gasteiger partial charge is 3.00 e. The maximum absolute atomic E-state index is 3.03. The van der Waals surface area contributed by atoms with Crippen LogP contribution in [0.25, 0.3) is 0 Å². The van der Waals surface area contributed by atoms with Gasteiger partial charge >= 0.3 is 32.7 Å². The number of benzene rings is 1. The van der Waals surface area contributed by atoms with Gasteiger partial charge in [0, 0.05) is 0 Å². The molecular formula is C9H13Y. The molecule has 0 atom stereocenters. The van der Waals surface area contributed by atoms with E-state index in [0.717, 1.165) is 0 Å². The van der Waals surface area contributed by atoms with Gasteiger partial charge in [-0.05, 0) is 0 Å². The smallest absolute Gasteiger partial charge is 0.358 e. The Morgan fingerprint density at radius 2 is 1.80 bits per heavy atom. The molecule has 0 fully saturated rings. The maximum atomic E-state index is 3.03. The van der Waals surface area contributed by atoms with Gasteiger partial charge in [-0.25, -0.2) is 0 Å². The van der Waals surface area contributed by atoms with E-state index in [-0.39, 0.29) is 47.6 Å². The van der Waals surface area contributed by atoms with Crippen LogP contribution < -0.4 is 0 Å². The second-order valence-corrected chi connectivity index (χ2v) is 1.55. The maximum Gasteiger partial charge on any atom is 3.00 e. The Balaban J connectivity index is -0.000000163. The van der Waals surface area contributed by atoms with Gasteiger partial charge in [0.1, 0.15) is 0 Å². The van der Waals surface area contributed by atoms with Gasteiger partial charge in [0.15, 0.2) is 0 Å². The molecule has 0 bridgehead atoms. The average molecular weight is 210 g/mol. The van der Waals surface area contributed by atoms with E-state index in [4.69, 9.17) is 0 Å². The van der Waals surface area contributed by atoms with E-state index in [1.54, 1.807) is 0 Å². The van der Waals surface area contributed by atoms with Crippen molar-refractivity contribution < 1.29 is 32.7 Å². The summed E-state index contributed by atoms with van der Waals surface area (Å²) < 4.78 is 0. The molecule has 10 heavy (non-hydrogen) atoms. The molecule has 52 valence electrons. The zero-order valence-electron chi connectivity index (χ0n) is 6.89. The van der Waals surface area contributed by atoms with Gasteiger partial charge in [-0.2, -0.15) is 35.9 Å². The summed E-state index contributed by atoms with van der Waals surface area (Å²) in [6.07, 6.45) is 0. The molecule has 0 heterocycles. The van der Waals surface area contributed by atoms with Crippen molar-refractivity contribution in [1.29, 1.82) is 0 Å². The van der Waals surface area contributed by atoms with Gasteiger partial charge in [-0.1, -0.05) is 6.92 Å². The van der Waals surface area contributed by atoms with Gasteiger partial charge < -0.3 is 14.9 Å². The van der Waals surface area contributed by atoms with Crippen LogP contribution in [0.15, 0.2) is 24.3 Å². The van der Waals surface area contributed by atoms with Crippen molar-refractivity contribution in [3.63, 3.8) is 0 Å². The van der Waals surface area contributed by atoms with Gasteiger partial charge in [0.25, 0.3) is 0 Å². The molecule has 0 aliphatic carbocycles. The van der Waals surface area contributed by atoms with E-state index in [1.807, 2.05) is 31.2 Å². The summed E-state index contributed by atoms with van der Waals surface area (Å²) >= 11 is 0. The Hall–Kier alpha value is 0.324. The molecule has 0 N–H and O–H groups in total. The van der Waals surface area contributed by atoms with Crippen LogP contribution in [-0.2, 0) is 32.7 Å². The summed E-state index contributed by atoms with van der Waals surface area (Å²) in [5, 5.41) is 0. The predicted molar refractivity (Wildman–Crippen MR) is 42.8 cm³/mol. The second kappa shape index (κ2) is 9.32. The first-order chi connectivity index (χ1) is 3.39. The molecule has 1 heteroatoms. The molecule has 0 saturated heterocycles. The fourth-order valence-corrected chi connectivity index (χ4v) is 0.483. The van der Waals surface area contributed by atoms with Crippen LogP contribution >= 0.6 is 0 Å². The minimum atomic E-state index is 0. The summed E-state index contributed by atoms with van der Waals surface area (Å²) in [5.74, 6) is 0. The first kappa shape index (κ1) is 16.7. The number of rotatable bonds is 0. The van der Waals surface area contributed by atoms with E-state index in [2.05, 4.69) is 6.07 Å². The zero-order chi connectivity index (χ0) is 5.11. The monoisotopic (exact) mass is 210 g/mol. The minimum absolute atomic E-state index is 0. The molecule has 0 radical (unpaired) electrons. The number of hydrogen-bond acceptors (Lipinski definition) is 0.